The van der Waals surface area contributed by atoms with Crippen LogP contribution in [-0.4, -0.2) is 19.7 Å². The lowest BCUT2D eigenvalue weighted by Gasteiger charge is -2.09. The Morgan fingerprint density at radius 1 is 0.808 bits per heavy atom. The van der Waals surface area contributed by atoms with Gasteiger partial charge in [0, 0.05) is 15.6 Å². The summed E-state index contributed by atoms with van der Waals surface area (Å²) in [7, 11) is 1.74. The molecule has 26 heavy (non-hydrogen) atoms. The second-order valence-corrected chi connectivity index (χ2v) is 6.93. The number of hydrogen-bond donors (Lipinski definition) is 2. The third-order valence-corrected chi connectivity index (χ3v) is 4.77. The highest BCUT2D eigenvalue weighted by molar-refractivity contribution is 9.10. The van der Waals surface area contributed by atoms with Crippen molar-refractivity contribution in [2.45, 2.75) is 0 Å². The van der Waals surface area contributed by atoms with Gasteiger partial charge in [0.25, 0.3) is 11.8 Å². The smallest absolute Gasteiger partial charge is 0.258 e. The average Bonchev–Trinajstić information content (AvgIpc) is 3.07. The van der Waals surface area contributed by atoms with Crippen molar-refractivity contribution in [2.75, 3.05) is 0 Å². The number of amides is 2. The minimum atomic E-state index is -0.591. The topological polar surface area (TPSA) is 58.2 Å². The summed E-state index contributed by atoms with van der Waals surface area (Å²) in [5, 5.41) is 5.08. The van der Waals surface area contributed by atoms with Crippen LogP contribution in [0.2, 0.25) is 0 Å². The number of nitrogens with one attached hydrogen (secondary N) is 2. The maximum absolute atomic E-state index is 14.3. The van der Waals surface area contributed by atoms with Crippen LogP contribution in [-0.2, 0) is 9.59 Å². The fraction of sp³-hybridized carbons (Fsp3) is 0. The lowest BCUT2D eigenvalue weighted by atomic mass is 9.93. The van der Waals surface area contributed by atoms with Crippen LogP contribution >= 0.6 is 15.9 Å². The number of rotatable bonds is 2. The number of benzene rings is 2. The fourth-order valence-electron chi connectivity index (χ4n) is 3.10. The van der Waals surface area contributed by atoms with Crippen LogP contribution in [0, 0.1) is 11.6 Å². The van der Waals surface area contributed by atoms with Gasteiger partial charge in [-0.3, -0.25) is 9.59 Å². The zero-order valence-electron chi connectivity index (χ0n) is 13.4. The van der Waals surface area contributed by atoms with E-state index in [1.165, 1.54) is 24.3 Å². The van der Waals surface area contributed by atoms with Gasteiger partial charge < -0.3 is 10.6 Å². The average molecular weight is 415 g/mol. The van der Waals surface area contributed by atoms with Gasteiger partial charge in [-0.2, -0.15) is 0 Å². The molecule has 2 aliphatic rings. The van der Waals surface area contributed by atoms with Gasteiger partial charge in [0.2, 0.25) is 0 Å². The molecule has 0 unspecified atom stereocenters. The summed E-state index contributed by atoms with van der Waals surface area (Å²) in [6.45, 7) is 0. The second-order valence-electron chi connectivity index (χ2n) is 6.02. The van der Waals surface area contributed by atoms with E-state index in [0.29, 0.717) is 9.94 Å². The van der Waals surface area contributed by atoms with Gasteiger partial charge in [0.05, 0.1) is 22.5 Å². The summed E-state index contributed by atoms with van der Waals surface area (Å²) >= 11 is 3.17. The normalized spacial score (nSPS) is 16.1. The van der Waals surface area contributed by atoms with Gasteiger partial charge in [-0.25, -0.2) is 8.78 Å². The Labute approximate surface area is 156 Å². The Morgan fingerprint density at radius 2 is 1.31 bits per heavy atom. The predicted octanol–water partition coefficient (Wildman–Crippen LogP) is 1.37. The first kappa shape index (κ1) is 16.7. The standard InChI is InChI=1S/C18H10BBrF2N2O2/c19-7-1-3-9(11(21)5-7)15-13-14(18(26)23-15)16(24-17(13)25)10-4-2-8(20)6-12(10)22/h1-6H,19H2,(H,23,26)(H,24,25). The third kappa shape index (κ3) is 2.49. The van der Waals surface area contributed by atoms with E-state index in [0.717, 1.165) is 0 Å². The molecule has 0 radical (unpaired) electrons. The van der Waals surface area contributed by atoms with Crippen molar-refractivity contribution >= 4 is 52.4 Å². The highest BCUT2D eigenvalue weighted by Crippen LogP contribution is 2.38. The fourth-order valence-corrected chi connectivity index (χ4v) is 3.43. The Balaban J connectivity index is 1.94. The van der Waals surface area contributed by atoms with Crippen molar-refractivity contribution in [2.24, 2.45) is 0 Å². The first-order chi connectivity index (χ1) is 12.4. The van der Waals surface area contributed by atoms with Crippen molar-refractivity contribution in [1.29, 1.82) is 0 Å². The van der Waals surface area contributed by atoms with Gasteiger partial charge in [-0.15, -0.1) is 0 Å². The molecule has 2 heterocycles. The number of halogens is 3. The lowest BCUT2D eigenvalue weighted by molar-refractivity contribution is -0.117. The Morgan fingerprint density at radius 3 is 1.81 bits per heavy atom. The summed E-state index contributed by atoms with van der Waals surface area (Å²) in [5.41, 5.74) is 1.13. The second kappa shape index (κ2) is 5.91. The molecule has 0 fully saturated rings. The van der Waals surface area contributed by atoms with Gasteiger partial charge in [0.1, 0.15) is 19.5 Å². The molecule has 0 aromatic heterocycles. The van der Waals surface area contributed by atoms with E-state index >= 15 is 0 Å². The van der Waals surface area contributed by atoms with Crippen molar-refractivity contribution in [3.05, 3.63) is 74.8 Å². The van der Waals surface area contributed by atoms with Gasteiger partial charge in [0.15, 0.2) is 0 Å². The van der Waals surface area contributed by atoms with E-state index in [-0.39, 0.29) is 33.7 Å². The molecule has 0 bridgehead atoms. The van der Waals surface area contributed by atoms with Crippen molar-refractivity contribution in [3.63, 3.8) is 0 Å². The molecule has 0 aliphatic carbocycles. The van der Waals surface area contributed by atoms with Gasteiger partial charge in [-0.1, -0.05) is 33.5 Å². The van der Waals surface area contributed by atoms with Crippen LogP contribution in [0.5, 0.6) is 0 Å². The van der Waals surface area contributed by atoms with Crippen molar-refractivity contribution < 1.29 is 18.4 Å². The predicted molar refractivity (Wildman–Crippen MR) is 98.8 cm³/mol. The molecular formula is C18H10BBrF2N2O2. The van der Waals surface area contributed by atoms with Crippen LogP contribution < -0.4 is 16.1 Å². The number of carbonyl (C=O) groups is 2. The summed E-state index contributed by atoms with van der Waals surface area (Å²) in [5.74, 6) is -2.30. The summed E-state index contributed by atoms with van der Waals surface area (Å²) in [4.78, 5) is 24.9. The number of hydrogen-bond acceptors (Lipinski definition) is 2. The molecule has 8 heteroatoms. The molecule has 4 rings (SSSR count). The molecular weight excluding hydrogens is 405 g/mol. The minimum Gasteiger partial charge on any atom is -0.320 e. The maximum atomic E-state index is 14.3. The Kier molecular flexibility index (Phi) is 3.80. The van der Waals surface area contributed by atoms with E-state index in [9.17, 15) is 18.4 Å². The highest BCUT2D eigenvalue weighted by atomic mass is 79.9. The van der Waals surface area contributed by atoms with Crippen LogP contribution in [0.3, 0.4) is 0 Å². The first-order valence-corrected chi connectivity index (χ1v) is 8.49. The van der Waals surface area contributed by atoms with Crippen LogP contribution in [0.1, 0.15) is 11.1 Å². The minimum absolute atomic E-state index is 0.0196. The molecule has 2 N–H and O–H groups in total. The highest BCUT2D eigenvalue weighted by Gasteiger charge is 2.41. The first-order valence-electron chi connectivity index (χ1n) is 7.70. The zero-order chi connectivity index (χ0) is 18.6. The lowest BCUT2D eigenvalue weighted by Crippen LogP contribution is -2.22. The van der Waals surface area contributed by atoms with E-state index in [1.807, 2.05) is 0 Å². The van der Waals surface area contributed by atoms with E-state index in [1.54, 1.807) is 20.0 Å². The summed E-state index contributed by atoms with van der Waals surface area (Å²) in [6.07, 6.45) is 0. The monoisotopic (exact) mass is 414 g/mol. The molecule has 2 amide bonds. The molecule has 128 valence electrons. The maximum Gasteiger partial charge on any atom is 0.258 e. The Hall–Kier alpha value is -2.74. The van der Waals surface area contributed by atoms with Crippen molar-refractivity contribution in [1.82, 2.24) is 10.6 Å². The van der Waals surface area contributed by atoms with Crippen molar-refractivity contribution in [3.8, 4) is 0 Å². The quantitative estimate of drug-likeness (QED) is 0.729. The summed E-state index contributed by atoms with van der Waals surface area (Å²) < 4.78 is 29.2. The van der Waals surface area contributed by atoms with E-state index < -0.39 is 23.4 Å². The summed E-state index contributed by atoms with van der Waals surface area (Å²) in [6, 6.07) is 8.81. The molecule has 0 atom stereocenters. The van der Waals surface area contributed by atoms with E-state index in [4.69, 9.17) is 0 Å². The van der Waals surface area contributed by atoms with Crippen LogP contribution in [0.4, 0.5) is 8.78 Å². The molecule has 2 aliphatic heterocycles. The Bertz CT molecular complexity index is 993. The zero-order valence-corrected chi connectivity index (χ0v) is 15.0. The molecule has 0 spiro atoms. The van der Waals surface area contributed by atoms with Crippen LogP contribution in [0.15, 0.2) is 52.0 Å². The van der Waals surface area contributed by atoms with Crippen LogP contribution in [0.25, 0.3) is 11.4 Å². The number of fused-ring (bicyclic) bond motifs is 1. The SMILES string of the molecule is Bc1ccc(C2=C3C(=O)NC(c4ccc(Br)cc4F)=C3C(=O)N2)c(F)c1. The third-order valence-electron chi connectivity index (χ3n) is 4.28. The molecule has 0 saturated heterocycles. The molecule has 0 saturated carbocycles. The molecule has 2 aromatic rings. The molecule has 4 nitrogen and oxygen atoms in total. The van der Waals surface area contributed by atoms with E-state index in [2.05, 4.69) is 26.6 Å². The number of carbonyl (C=O) groups excluding carboxylic acids is 2. The van der Waals surface area contributed by atoms with Gasteiger partial charge in [-0.05, 0) is 24.3 Å². The molecule has 2 aromatic carbocycles. The largest absolute Gasteiger partial charge is 0.320 e. The van der Waals surface area contributed by atoms with Gasteiger partial charge >= 0.3 is 0 Å².